The largest absolute Gasteiger partial charge is 0.419 e. The van der Waals surface area contributed by atoms with Gasteiger partial charge in [-0.25, -0.2) is 8.42 Å². The Balaban J connectivity index is 1.85. The average molecular weight is 447 g/mol. The molecule has 30 heavy (non-hydrogen) atoms. The molecule has 0 amide bonds. The van der Waals surface area contributed by atoms with Gasteiger partial charge in [0.2, 0.25) is 26.6 Å². The maximum absolute atomic E-state index is 13.5. The molecule has 158 valence electrons. The molecule has 0 unspecified atom stereocenters. The number of hydrogen-bond donors (Lipinski definition) is 0. The molecule has 8 heteroatoms. The molecule has 0 aliphatic carbocycles. The Morgan fingerprint density at radius 1 is 1.00 bits per heavy atom. The first-order valence-electron chi connectivity index (χ1n) is 9.73. The average Bonchev–Trinajstić information content (AvgIpc) is 3.14. The molecule has 0 saturated carbocycles. The third kappa shape index (κ3) is 4.10. The van der Waals surface area contributed by atoms with Gasteiger partial charge < -0.3 is 14.1 Å². The fourth-order valence-electron chi connectivity index (χ4n) is 3.56. The van der Waals surface area contributed by atoms with Crippen molar-refractivity contribution in [3.8, 4) is 11.5 Å². The maximum atomic E-state index is 13.5. The van der Waals surface area contributed by atoms with Crippen LogP contribution in [0.5, 0.6) is 0 Å². The van der Waals surface area contributed by atoms with E-state index in [1.54, 1.807) is 48.5 Å². The number of rotatable bonds is 4. The normalized spacial score (nSPS) is 19.8. The first kappa shape index (κ1) is 20.9. The zero-order valence-electron chi connectivity index (χ0n) is 17.0. The van der Waals surface area contributed by atoms with Crippen molar-refractivity contribution >= 4 is 27.3 Å². The SMILES string of the molecule is Cc1ccc(S(=O)(=O)c2nc(-c3ccc(Cl)cc3)oc2N2C[C@@H](C)O[C@@H](C)C2)cc1. The Labute approximate surface area is 181 Å². The minimum Gasteiger partial charge on any atom is -0.419 e. The molecular formula is C22H23ClN2O4S. The van der Waals surface area contributed by atoms with Crippen molar-refractivity contribution in [1.82, 2.24) is 4.98 Å². The standard InChI is InChI=1S/C22H23ClN2O4S/c1-14-4-10-19(11-5-14)30(26,27)21-22(25-12-15(2)28-16(3)13-25)29-20(24-21)17-6-8-18(23)9-7-17/h4-11,15-16H,12-13H2,1-3H3/t15-,16+. The third-order valence-corrected chi connectivity index (χ3v) is 6.88. The van der Waals surface area contributed by atoms with Gasteiger partial charge in [-0.1, -0.05) is 29.3 Å². The van der Waals surface area contributed by atoms with Crippen LogP contribution < -0.4 is 4.90 Å². The highest BCUT2D eigenvalue weighted by Crippen LogP contribution is 2.36. The monoisotopic (exact) mass is 446 g/mol. The van der Waals surface area contributed by atoms with Crippen LogP contribution in [-0.4, -0.2) is 38.7 Å². The number of morpholine rings is 1. The van der Waals surface area contributed by atoms with Crippen LogP contribution in [0.25, 0.3) is 11.5 Å². The van der Waals surface area contributed by atoms with Gasteiger partial charge in [-0.05, 0) is 57.2 Å². The quantitative estimate of drug-likeness (QED) is 0.575. The van der Waals surface area contributed by atoms with Crippen LogP contribution in [0.15, 0.2) is 62.9 Å². The first-order valence-corrected chi connectivity index (χ1v) is 11.6. The van der Waals surface area contributed by atoms with E-state index in [0.29, 0.717) is 23.7 Å². The van der Waals surface area contributed by atoms with Crippen LogP contribution >= 0.6 is 11.6 Å². The summed E-state index contributed by atoms with van der Waals surface area (Å²) in [7, 11) is -3.88. The van der Waals surface area contributed by atoms with Crippen LogP contribution in [0.2, 0.25) is 5.02 Å². The second-order valence-corrected chi connectivity index (χ2v) is 9.92. The molecule has 0 N–H and O–H groups in total. The van der Waals surface area contributed by atoms with Crippen molar-refractivity contribution in [2.75, 3.05) is 18.0 Å². The number of benzene rings is 2. The van der Waals surface area contributed by atoms with Crippen LogP contribution in [-0.2, 0) is 14.6 Å². The molecule has 1 aliphatic heterocycles. The Bertz CT molecular complexity index is 1130. The van der Waals surface area contributed by atoms with Crippen LogP contribution in [0, 0.1) is 6.92 Å². The predicted molar refractivity (Wildman–Crippen MR) is 116 cm³/mol. The molecule has 1 fully saturated rings. The summed E-state index contributed by atoms with van der Waals surface area (Å²) in [4.78, 5) is 6.50. The van der Waals surface area contributed by atoms with E-state index >= 15 is 0 Å². The van der Waals surface area contributed by atoms with Gasteiger partial charge in [0.1, 0.15) is 0 Å². The molecule has 0 bridgehead atoms. The number of halogens is 1. The molecular weight excluding hydrogens is 424 g/mol. The molecule has 2 atom stereocenters. The van der Waals surface area contributed by atoms with E-state index < -0.39 is 9.84 Å². The highest BCUT2D eigenvalue weighted by molar-refractivity contribution is 7.91. The van der Waals surface area contributed by atoms with Gasteiger partial charge in [-0.15, -0.1) is 0 Å². The first-order chi connectivity index (χ1) is 14.2. The summed E-state index contributed by atoms with van der Waals surface area (Å²) in [6.07, 6.45) is -0.125. The fraction of sp³-hybridized carbons (Fsp3) is 0.318. The Morgan fingerprint density at radius 2 is 1.60 bits per heavy atom. The van der Waals surface area contributed by atoms with Crippen LogP contribution in [0.3, 0.4) is 0 Å². The number of hydrogen-bond acceptors (Lipinski definition) is 6. The summed E-state index contributed by atoms with van der Waals surface area (Å²) in [6.45, 7) is 6.83. The number of ether oxygens (including phenoxy) is 1. The van der Waals surface area contributed by atoms with Crippen LogP contribution in [0.4, 0.5) is 5.88 Å². The molecule has 1 aromatic heterocycles. The molecule has 1 saturated heterocycles. The Hall–Kier alpha value is -2.35. The number of nitrogens with zero attached hydrogens (tertiary/aromatic N) is 2. The molecule has 1 aliphatic rings. The lowest BCUT2D eigenvalue weighted by atomic mass is 10.2. The smallest absolute Gasteiger partial charge is 0.236 e. The second kappa shape index (κ2) is 8.06. The number of sulfone groups is 1. The fourth-order valence-corrected chi connectivity index (χ4v) is 5.01. The molecule has 0 radical (unpaired) electrons. The summed E-state index contributed by atoms with van der Waals surface area (Å²) in [5, 5.41) is 0.492. The van der Waals surface area contributed by atoms with Gasteiger partial charge >= 0.3 is 0 Å². The van der Waals surface area contributed by atoms with E-state index in [-0.39, 0.29) is 33.9 Å². The number of aryl methyl sites for hydroxylation is 1. The lowest BCUT2D eigenvalue weighted by molar-refractivity contribution is -0.00657. The van der Waals surface area contributed by atoms with Gasteiger partial charge in [0.15, 0.2) is 0 Å². The molecule has 0 spiro atoms. The summed E-state index contributed by atoms with van der Waals surface area (Å²) in [5.41, 5.74) is 1.63. The van der Waals surface area contributed by atoms with Crippen LogP contribution in [0.1, 0.15) is 19.4 Å². The minimum absolute atomic E-state index is 0.0623. The van der Waals surface area contributed by atoms with E-state index in [1.807, 2.05) is 25.7 Å². The van der Waals surface area contributed by atoms with Crippen molar-refractivity contribution in [3.63, 3.8) is 0 Å². The number of anilines is 1. The van der Waals surface area contributed by atoms with Crippen molar-refractivity contribution in [1.29, 1.82) is 0 Å². The zero-order chi connectivity index (χ0) is 21.5. The van der Waals surface area contributed by atoms with E-state index in [4.69, 9.17) is 20.8 Å². The summed E-state index contributed by atoms with van der Waals surface area (Å²) < 4.78 is 38.8. The third-order valence-electron chi connectivity index (χ3n) is 4.96. The van der Waals surface area contributed by atoms with Gasteiger partial charge in [0.05, 0.1) is 17.1 Å². The summed E-state index contributed by atoms with van der Waals surface area (Å²) in [5.74, 6) is 0.474. The van der Waals surface area contributed by atoms with Gasteiger partial charge in [0, 0.05) is 23.7 Å². The van der Waals surface area contributed by atoms with Crippen molar-refractivity contribution in [2.24, 2.45) is 0 Å². The number of oxazole rings is 1. The molecule has 4 rings (SSSR count). The number of aromatic nitrogens is 1. The van der Waals surface area contributed by atoms with Gasteiger partial charge in [0.25, 0.3) is 0 Å². The summed E-state index contributed by atoms with van der Waals surface area (Å²) in [6, 6.07) is 13.7. The van der Waals surface area contributed by atoms with Crippen molar-refractivity contribution < 1.29 is 17.6 Å². The van der Waals surface area contributed by atoms with Crippen molar-refractivity contribution in [3.05, 3.63) is 59.1 Å². The highest BCUT2D eigenvalue weighted by atomic mass is 35.5. The second-order valence-electron chi connectivity index (χ2n) is 7.62. The summed E-state index contributed by atoms with van der Waals surface area (Å²) >= 11 is 5.99. The predicted octanol–water partition coefficient (Wildman–Crippen LogP) is 4.75. The Kier molecular flexibility index (Phi) is 5.61. The van der Waals surface area contributed by atoms with E-state index in [1.165, 1.54) is 0 Å². The van der Waals surface area contributed by atoms with E-state index in [0.717, 1.165) is 5.56 Å². The van der Waals surface area contributed by atoms with E-state index in [2.05, 4.69) is 4.98 Å². The van der Waals surface area contributed by atoms with Crippen molar-refractivity contribution in [2.45, 2.75) is 42.9 Å². The molecule has 6 nitrogen and oxygen atoms in total. The Morgan fingerprint density at radius 3 is 2.20 bits per heavy atom. The minimum atomic E-state index is -3.88. The van der Waals surface area contributed by atoms with Gasteiger partial charge in [-0.3, -0.25) is 0 Å². The lowest BCUT2D eigenvalue weighted by Gasteiger charge is -2.35. The van der Waals surface area contributed by atoms with Gasteiger partial charge in [-0.2, -0.15) is 4.98 Å². The lowest BCUT2D eigenvalue weighted by Crippen LogP contribution is -2.45. The molecule has 2 heterocycles. The zero-order valence-corrected chi connectivity index (χ0v) is 18.6. The molecule has 3 aromatic rings. The molecule has 2 aromatic carbocycles. The maximum Gasteiger partial charge on any atom is 0.236 e. The van der Waals surface area contributed by atoms with E-state index in [9.17, 15) is 8.42 Å². The topological polar surface area (TPSA) is 72.6 Å². The highest BCUT2D eigenvalue weighted by Gasteiger charge is 2.34.